The van der Waals surface area contributed by atoms with Crippen molar-refractivity contribution in [3.8, 4) is 0 Å². The van der Waals surface area contributed by atoms with Crippen molar-refractivity contribution in [2.24, 2.45) is 5.92 Å². The van der Waals surface area contributed by atoms with Crippen molar-refractivity contribution in [2.75, 3.05) is 5.32 Å². The summed E-state index contributed by atoms with van der Waals surface area (Å²) in [4.78, 5) is 19.0. The van der Waals surface area contributed by atoms with Crippen molar-refractivity contribution in [3.05, 3.63) is 48.5 Å². The van der Waals surface area contributed by atoms with E-state index in [4.69, 9.17) is 0 Å². The lowest BCUT2D eigenvalue weighted by Crippen LogP contribution is -2.14. The summed E-state index contributed by atoms with van der Waals surface area (Å²) in [5.41, 5.74) is 1.84. The van der Waals surface area contributed by atoms with Crippen LogP contribution in [0, 0.1) is 5.92 Å². The Bertz CT molecular complexity index is 507. The molecule has 2 N–H and O–H groups in total. The molecule has 3 rings (SSSR count). The molecule has 0 saturated heterocycles. The maximum Gasteiger partial charge on any atom is 0.228 e. The molecule has 1 saturated carbocycles. The third-order valence-corrected chi connectivity index (χ3v) is 3.07. The smallest absolute Gasteiger partial charge is 0.228 e. The molecule has 4 heteroatoms. The van der Waals surface area contributed by atoms with E-state index in [-0.39, 0.29) is 17.7 Å². The van der Waals surface area contributed by atoms with Gasteiger partial charge in [-0.15, -0.1) is 0 Å². The molecule has 4 nitrogen and oxygen atoms in total. The number of carbonyl (C=O) groups is 1. The zero-order valence-electron chi connectivity index (χ0n) is 9.26. The fourth-order valence-corrected chi connectivity index (χ4v) is 2.04. The van der Waals surface area contributed by atoms with Gasteiger partial charge in [-0.3, -0.25) is 4.79 Å². The number of imidazole rings is 1. The van der Waals surface area contributed by atoms with Crippen LogP contribution in [-0.4, -0.2) is 15.9 Å². The average Bonchev–Trinajstić information content (AvgIpc) is 2.98. The molecule has 1 amide bonds. The van der Waals surface area contributed by atoms with E-state index in [1.165, 1.54) is 0 Å². The SMILES string of the molecule is O=C(Nc1ccccc1)[C@@H]1C[C@H]1c1c[nH]cn1. The van der Waals surface area contributed by atoms with Gasteiger partial charge in [-0.05, 0) is 18.6 Å². The van der Waals surface area contributed by atoms with E-state index in [0.29, 0.717) is 0 Å². The summed E-state index contributed by atoms with van der Waals surface area (Å²) in [6.07, 6.45) is 4.41. The number of para-hydroxylation sites is 1. The maximum atomic E-state index is 11.9. The number of amides is 1. The van der Waals surface area contributed by atoms with Crippen molar-refractivity contribution in [1.29, 1.82) is 0 Å². The van der Waals surface area contributed by atoms with Gasteiger partial charge in [-0.25, -0.2) is 4.98 Å². The first-order valence-electron chi connectivity index (χ1n) is 5.69. The number of nitrogens with zero attached hydrogens (tertiary/aromatic N) is 1. The van der Waals surface area contributed by atoms with Crippen LogP contribution in [0.4, 0.5) is 5.69 Å². The maximum absolute atomic E-state index is 11.9. The summed E-state index contributed by atoms with van der Waals surface area (Å²) in [7, 11) is 0. The van der Waals surface area contributed by atoms with Crippen LogP contribution < -0.4 is 5.32 Å². The highest BCUT2D eigenvalue weighted by Gasteiger charge is 2.45. The highest BCUT2D eigenvalue weighted by molar-refractivity contribution is 5.95. The molecule has 2 aromatic rings. The monoisotopic (exact) mass is 227 g/mol. The molecule has 1 heterocycles. The van der Waals surface area contributed by atoms with E-state index in [9.17, 15) is 4.79 Å². The van der Waals surface area contributed by atoms with Gasteiger partial charge in [0.05, 0.1) is 12.0 Å². The number of rotatable bonds is 3. The van der Waals surface area contributed by atoms with E-state index < -0.39 is 0 Å². The Balaban J connectivity index is 1.62. The Hall–Kier alpha value is -2.10. The van der Waals surface area contributed by atoms with Crippen molar-refractivity contribution in [3.63, 3.8) is 0 Å². The predicted octanol–water partition coefficient (Wildman–Crippen LogP) is 2.15. The lowest BCUT2D eigenvalue weighted by Gasteiger charge is -2.03. The van der Waals surface area contributed by atoms with E-state index in [0.717, 1.165) is 17.8 Å². The summed E-state index contributed by atoms with van der Waals surface area (Å²) < 4.78 is 0. The molecule has 0 radical (unpaired) electrons. The number of nitrogens with one attached hydrogen (secondary N) is 2. The molecule has 1 aliphatic carbocycles. The van der Waals surface area contributed by atoms with Crippen LogP contribution in [0.15, 0.2) is 42.9 Å². The molecule has 1 aromatic heterocycles. The standard InChI is InChI=1S/C13H13N3O/c17-13(16-9-4-2-1-3-5-9)11-6-10(11)12-7-14-8-15-12/h1-5,7-8,10-11H,6H2,(H,14,15)(H,16,17)/t10-,11-/m1/s1. The minimum absolute atomic E-state index is 0.0681. The van der Waals surface area contributed by atoms with Crippen molar-refractivity contribution in [2.45, 2.75) is 12.3 Å². The summed E-state index contributed by atoms with van der Waals surface area (Å²) in [6.45, 7) is 0. The Morgan fingerprint density at radius 3 is 2.88 bits per heavy atom. The quantitative estimate of drug-likeness (QED) is 0.844. The molecule has 0 bridgehead atoms. The molecule has 0 spiro atoms. The van der Waals surface area contributed by atoms with Gasteiger partial charge in [0.15, 0.2) is 0 Å². The second-order valence-electron chi connectivity index (χ2n) is 4.30. The molecule has 1 aliphatic rings. The van der Waals surface area contributed by atoms with Crippen LogP contribution in [-0.2, 0) is 4.79 Å². The van der Waals surface area contributed by atoms with Crippen LogP contribution >= 0.6 is 0 Å². The number of carbonyl (C=O) groups excluding carboxylic acids is 1. The second kappa shape index (κ2) is 4.05. The van der Waals surface area contributed by atoms with Gasteiger partial charge in [0.25, 0.3) is 0 Å². The zero-order valence-corrected chi connectivity index (χ0v) is 9.26. The van der Waals surface area contributed by atoms with Crippen molar-refractivity contribution < 1.29 is 4.79 Å². The first-order valence-corrected chi connectivity index (χ1v) is 5.69. The molecule has 1 aromatic carbocycles. The zero-order chi connectivity index (χ0) is 11.7. The lowest BCUT2D eigenvalue weighted by molar-refractivity contribution is -0.117. The lowest BCUT2D eigenvalue weighted by atomic mass is 10.2. The average molecular weight is 227 g/mol. The van der Waals surface area contributed by atoms with Crippen LogP contribution in [0.3, 0.4) is 0 Å². The highest BCUT2D eigenvalue weighted by Crippen LogP contribution is 2.47. The molecular weight excluding hydrogens is 214 g/mol. The number of hydrogen-bond donors (Lipinski definition) is 2. The fraction of sp³-hybridized carbons (Fsp3) is 0.231. The summed E-state index contributed by atoms with van der Waals surface area (Å²) in [5.74, 6) is 0.438. The molecule has 0 unspecified atom stereocenters. The second-order valence-corrected chi connectivity index (χ2v) is 4.30. The molecular formula is C13H13N3O. The van der Waals surface area contributed by atoms with Crippen LogP contribution in [0.25, 0.3) is 0 Å². The van der Waals surface area contributed by atoms with Gasteiger partial charge in [0.1, 0.15) is 0 Å². The molecule has 2 atom stereocenters. The third-order valence-electron chi connectivity index (χ3n) is 3.07. The summed E-state index contributed by atoms with van der Waals surface area (Å²) in [5, 5.41) is 2.92. The topological polar surface area (TPSA) is 57.8 Å². The van der Waals surface area contributed by atoms with Gasteiger partial charge in [-0.2, -0.15) is 0 Å². The van der Waals surface area contributed by atoms with Gasteiger partial charge in [-0.1, -0.05) is 18.2 Å². The third kappa shape index (κ3) is 2.06. The Morgan fingerprint density at radius 1 is 1.35 bits per heavy atom. The minimum Gasteiger partial charge on any atom is -0.351 e. The summed E-state index contributed by atoms with van der Waals surface area (Å²) >= 11 is 0. The van der Waals surface area contributed by atoms with E-state index >= 15 is 0 Å². The van der Waals surface area contributed by atoms with Crippen LogP contribution in [0.2, 0.25) is 0 Å². The first kappa shape index (κ1) is 10.1. The number of aromatic amines is 1. The van der Waals surface area contributed by atoms with Gasteiger partial charge in [0.2, 0.25) is 5.91 Å². The highest BCUT2D eigenvalue weighted by atomic mass is 16.2. The molecule has 0 aliphatic heterocycles. The van der Waals surface area contributed by atoms with Crippen molar-refractivity contribution in [1.82, 2.24) is 9.97 Å². The van der Waals surface area contributed by atoms with E-state index in [2.05, 4.69) is 15.3 Å². The fourth-order valence-electron chi connectivity index (χ4n) is 2.04. The molecule has 17 heavy (non-hydrogen) atoms. The first-order chi connectivity index (χ1) is 8.34. The largest absolute Gasteiger partial charge is 0.351 e. The van der Waals surface area contributed by atoms with Gasteiger partial charge >= 0.3 is 0 Å². The molecule has 1 fully saturated rings. The number of aromatic nitrogens is 2. The number of anilines is 1. The Kier molecular flexibility index (Phi) is 2.40. The normalized spacial score (nSPS) is 22.1. The number of H-pyrrole nitrogens is 1. The van der Waals surface area contributed by atoms with E-state index in [1.807, 2.05) is 36.5 Å². The number of benzene rings is 1. The Morgan fingerprint density at radius 2 is 2.18 bits per heavy atom. The Labute approximate surface area is 99.1 Å². The van der Waals surface area contributed by atoms with Crippen molar-refractivity contribution >= 4 is 11.6 Å². The minimum atomic E-state index is 0.0681. The number of hydrogen-bond acceptors (Lipinski definition) is 2. The van der Waals surface area contributed by atoms with Crippen LogP contribution in [0.1, 0.15) is 18.0 Å². The van der Waals surface area contributed by atoms with E-state index in [1.54, 1.807) is 6.33 Å². The van der Waals surface area contributed by atoms with Gasteiger partial charge in [0, 0.05) is 23.7 Å². The summed E-state index contributed by atoms with van der Waals surface area (Å²) in [6, 6.07) is 9.54. The van der Waals surface area contributed by atoms with Gasteiger partial charge < -0.3 is 10.3 Å². The van der Waals surface area contributed by atoms with Crippen LogP contribution in [0.5, 0.6) is 0 Å². The molecule has 86 valence electrons. The predicted molar refractivity (Wildman–Crippen MR) is 64.5 cm³/mol.